The number of hydrogen-bond acceptors (Lipinski definition) is 2. The molecule has 1 unspecified atom stereocenters. The molecule has 98 valence electrons. The molecule has 0 N–H and O–H groups in total. The molecule has 2 saturated carbocycles. The predicted molar refractivity (Wildman–Crippen MR) is 83.1 cm³/mol. The van der Waals surface area contributed by atoms with E-state index in [2.05, 4.69) is 6.26 Å². The summed E-state index contributed by atoms with van der Waals surface area (Å²) in [6.45, 7) is 0. The van der Waals surface area contributed by atoms with Gasteiger partial charge in [-0.25, -0.2) is 0 Å². The molecule has 2 rings (SSSR count). The molecule has 1 atom stereocenters. The van der Waals surface area contributed by atoms with E-state index < -0.39 is 0 Å². The molecule has 0 bridgehead atoms. The van der Waals surface area contributed by atoms with Crippen molar-refractivity contribution in [2.75, 3.05) is 6.26 Å². The summed E-state index contributed by atoms with van der Waals surface area (Å²) in [7, 11) is 0. The van der Waals surface area contributed by atoms with Crippen LogP contribution in [0.1, 0.15) is 64.2 Å². The van der Waals surface area contributed by atoms with E-state index in [1.807, 2.05) is 11.8 Å². The average molecular weight is 271 g/mol. The average Bonchev–Trinajstić information content (AvgIpc) is 2.42. The lowest BCUT2D eigenvalue weighted by molar-refractivity contribution is 0.365. The first-order chi connectivity index (χ1) is 8.33. The Morgan fingerprint density at radius 3 is 2.00 bits per heavy atom. The van der Waals surface area contributed by atoms with Crippen LogP contribution in [0.3, 0.4) is 0 Å². The highest BCUT2D eigenvalue weighted by Crippen LogP contribution is 2.37. The van der Waals surface area contributed by atoms with Gasteiger partial charge in [-0.15, -0.1) is 0 Å². The monoisotopic (exact) mass is 270 g/mol. The van der Waals surface area contributed by atoms with Gasteiger partial charge in [0.1, 0.15) is 0 Å². The lowest BCUT2D eigenvalue weighted by atomic mass is 9.79. The minimum Gasteiger partial charge on any atom is -0.156 e. The summed E-state index contributed by atoms with van der Waals surface area (Å²) < 4.78 is 0. The highest BCUT2D eigenvalue weighted by molar-refractivity contribution is 8.01. The van der Waals surface area contributed by atoms with E-state index >= 15 is 0 Å². The molecular weight excluding hydrogens is 244 g/mol. The standard InChI is InChI=1S/C15H26S2/c1-17-15(13-10-6-3-7-11-13)14(16)12-8-4-2-5-9-12/h12-13,15H,2-11H2,1H3. The molecule has 0 amide bonds. The van der Waals surface area contributed by atoms with E-state index in [1.54, 1.807) is 0 Å². The Morgan fingerprint density at radius 1 is 0.941 bits per heavy atom. The van der Waals surface area contributed by atoms with Gasteiger partial charge in [0.25, 0.3) is 0 Å². The van der Waals surface area contributed by atoms with Crippen LogP contribution in [0.5, 0.6) is 0 Å². The predicted octanol–water partition coefficient (Wildman–Crippen LogP) is 5.25. The Balaban J connectivity index is 1.93. The minimum absolute atomic E-state index is 0.688. The summed E-state index contributed by atoms with van der Waals surface area (Å²) in [4.78, 5) is 1.43. The van der Waals surface area contributed by atoms with Gasteiger partial charge in [0.2, 0.25) is 0 Å². The largest absolute Gasteiger partial charge is 0.156 e. The van der Waals surface area contributed by atoms with Crippen molar-refractivity contribution in [3.63, 3.8) is 0 Å². The second-order valence-electron chi connectivity index (χ2n) is 5.79. The van der Waals surface area contributed by atoms with Gasteiger partial charge >= 0.3 is 0 Å². The second kappa shape index (κ2) is 7.13. The van der Waals surface area contributed by atoms with Crippen LogP contribution in [0.2, 0.25) is 0 Å². The van der Waals surface area contributed by atoms with Crippen molar-refractivity contribution in [3.8, 4) is 0 Å². The van der Waals surface area contributed by atoms with Crippen molar-refractivity contribution in [1.29, 1.82) is 0 Å². The second-order valence-corrected chi connectivity index (χ2v) is 7.24. The summed E-state index contributed by atoms with van der Waals surface area (Å²) in [5.74, 6) is 1.67. The smallest absolute Gasteiger partial charge is 0.0389 e. The lowest BCUT2D eigenvalue weighted by Crippen LogP contribution is -2.32. The van der Waals surface area contributed by atoms with Crippen LogP contribution in [-0.4, -0.2) is 16.4 Å². The van der Waals surface area contributed by atoms with E-state index in [9.17, 15) is 0 Å². The lowest BCUT2D eigenvalue weighted by Gasteiger charge is -2.34. The summed E-state index contributed by atoms with van der Waals surface area (Å²) in [6.07, 6.45) is 16.5. The maximum atomic E-state index is 5.85. The molecule has 2 aliphatic rings. The Labute approximate surface area is 116 Å². The Kier molecular flexibility index (Phi) is 5.82. The summed E-state index contributed by atoms with van der Waals surface area (Å²) in [5, 5.41) is 0.688. The van der Waals surface area contributed by atoms with Crippen LogP contribution in [-0.2, 0) is 0 Å². The van der Waals surface area contributed by atoms with Crippen LogP contribution >= 0.6 is 24.0 Å². The first-order valence-electron chi connectivity index (χ1n) is 7.39. The number of rotatable bonds is 4. The fourth-order valence-electron chi connectivity index (χ4n) is 3.60. The molecule has 0 nitrogen and oxygen atoms in total. The van der Waals surface area contributed by atoms with Crippen LogP contribution in [0.4, 0.5) is 0 Å². The van der Waals surface area contributed by atoms with Gasteiger partial charge in [0.15, 0.2) is 0 Å². The fourth-order valence-corrected chi connectivity index (χ4v) is 5.40. The van der Waals surface area contributed by atoms with Crippen molar-refractivity contribution in [3.05, 3.63) is 0 Å². The summed E-state index contributed by atoms with van der Waals surface area (Å²) >= 11 is 7.89. The topological polar surface area (TPSA) is 0 Å². The van der Waals surface area contributed by atoms with Crippen molar-refractivity contribution < 1.29 is 0 Å². The highest BCUT2D eigenvalue weighted by atomic mass is 32.2. The third kappa shape index (κ3) is 3.70. The van der Waals surface area contributed by atoms with Gasteiger partial charge in [-0.2, -0.15) is 11.8 Å². The molecule has 0 aromatic carbocycles. The van der Waals surface area contributed by atoms with E-state index in [4.69, 9.17) is 12.2 Å². The van der Waals surface area contributed by atoms with Crippen LogP contribution < -0.4 is 0 Å². The van der Waals surface area contributed by atoms with Gasteiger partial charge < -0.3 is 0 Å². The highest BCUT2D eigenvalue weighted by Gasteiger charge is 2.30. The van der Waals surface area contributed by atoms with Crippen molar-refractivity contribution >= 4 is 28.8 Å². The molecule has 0 spiro atoms. The van der Waals surface area contributed by atoms with Crippen molar-refractivity contribution in [2.24, 2.45) is 11.8 Å². The van der Waals surface area contributed by atoms with Crippen molar-refractivity contribution in [1.82, 2.24) is 0 Å². The van der Waals surface area contributed by atoms with E-state index in [-0.39, 0.29) is 0 Å². The summed E-state index contributed by atoms with van der Waals surface area (Å²) in [6, 6.07) is 0. The van der Waals surface area contributed by atoms with E-state index in [0.717, 1.165) is 11.8 Å². The van der Waals surface area contributed by atoms with Gasteiger partial charge in [0.05, 0.1) is 0 Å². The maximum Gasteiger partial charge on any atom is 0.0389 e. The third-order valence-corrected chi connectivity index (χ3v) is 6.50. The zero-order valence-electron chi connectivity index (χ0n) is 11.1. The minimum atomic E-state index is 0.688. The van der Waals surface area contributed by atoms with E-state index in [0.29, 0.717) is 5.25 Å². The van der Waals surface area contributed by atoms with E-state index in [1.165, 1.54) is 69.1 Å². The molecule has 0 aromatic rings. The SMILES string of the molecule is CSC(C(=S)C1CCCCC1)C1CCCCC1. The molecule has 0 aromatic heterocycles. The zero-order valence-corrected chi connectivity index (χ0v) is 12.8. The Morgan fingerprint density at radius 2 is 1.47 bits per heavy atom. The molecule has 2 fully saturated rings. The normalized spacial score (nSPS) is 25.7. The zero-order chi connectivity index (χ0) is 12.1. The molecule has 0 saturated heterocycles. The fraction of sp³-hybridized carbons (Fsp3) is 0.933. The van der Waals surface area contributed by atoms with Crippen LogP contribution in [0.25, 0.3) is 0 Å². The molecular formula is C15H26S2. The first-order valence-corrected chi connectivity index (χ1v) is 9.09. The molecule has 0 radical (unpaired) electrons. The molecule has 0 heterocycles. The first kappa shape index (κ1) is 13.9. The quantitative estimate of drug-likeness (QED) is 0.640. The van der Waals surface area contributed by atoms with Gasteiger partial charge in [0, 0.05) is 10.1 Å². The molecule has 2 aliphatic carbocycles. The third-order valence-electron chi connectivity index (χ3n) is 4.62. The maximum absolute atomic E-state index is 5.85. The number of hydrogen-bond donors (Lipinski definition) is 0. The number of thiocarbonyl (C=S) groups is 1. The molecule has 17 heavy (non-hydrogen) atoms. The Hall–Kier alpha value is 0.440. The summed E-state index contributed by atoms with van der Waals surface area (Å²) in [5.41, 5.74) is 0. The van der Waals surface area contributed by atoms with Gasteiger partial charge in [-0.1, -0.05) is 50.7 Å². The Bertz CT molecular complexity index is 237. The molecule has 2 heteroatoms. The van der Waals surface area contributed by atoms with Crippen LogP contribution in [0, 0.1) is 11.8 Å². The molecule has 0 aliphatic heterocycles. The van der Waals surface area contributed by atoms with Gasteiger partial charge in [-0.05, 0) is 43.8 Å². The van der Waals surface area contributed by atoms with Gasteiger partial charge in [-0.3, -0.25) is 0 Å². The van der Waals surface area contributed by atoms with Crippen molar-refractivity contribution in [2.45, 2.75) is 69.5 Å². The van der Waals surface area contributed by atoms with Crippen LogP contribution in [0.15, 0.2) is 0 Å². The number of thioether (sulfide) groups is 1.